The number of benzene rings is 2. The molecule has 134 valence electrons. The van der Waals surface area contributed by atoms with E-state index in [1.54, 1.807) is 18.3 Å². The van der Waals surface area contributed by atoms with Gasteiger partial charge in [-0.3, -0.25) is 4.79 Å². The Bertz CT molecular complexity index is 948. The summed E-state index contributed by atoms with van der Waals surface area (Å²) in [6.45, 7) is 1.48. The molecule has 1 heterocycles. The van der Waals surface area contributed by atoms with Crippen molar-refractivity contribution in [3.63, 3.8) is 0 Å². The zero-order chi connectivity index (χ0) is 18.7. The van der Waals surface area contributed by atoms with Crippen molar-refractivity contribution < 1.29 is 23.8 Å². The first-order valence-corrected chi connectivity index (χ1v) is 8.04. The minimum absolute atomic E-state index is 0.260. The third-order valence-electron chi connectivity index (χ3n) is 4.21. The summed E-state index contributed by atoms with van der Waals surface area (Å²) < 4.78 is 15.7. The number of hydrogen-bond donors (Lipinski definition) is 1. The van der Waals surface area contributed by atoms with Crippen molar-refractivity contribution in [1.29, 1.82) is 0 Å². The number of nitrogens with one attached hydrogen (secondary N) is 1. The van der Waals surface area contributed by atoms with E-state index in [-0.39, 0.29) is 18.0 Å². The average molecular weight is 353 g/mol. The average Bonchev–Trinajstić information content (AvgIpc) is 3.10. The first-order chi connectivity index (χ1) is 12.5. The van der Waals surface area contributed by atoms with Crippen LogP contribution < -0.4 is 9.47 Å². The molecular weight excluding hydrogens is 334 g/mol. The molecular formula is C20H19NO5. The van der Waals surface area contributed by atoms with Gasteiger partial charge < -0.3 is 19.2 Å². The monoisotopic (exact) mass is 353 g/mol. The van der Waals surface area contributed by atoms with Gasteiger partial charge >= 0.3 is 5.97 Å². The Balaban J connectivity index is 1.75. The van der Waals surface area contributed by atoms with Crippen LogP contribution in [0, 0.1) is 6.92 Å². The molecule has 0 aliphatic rings. The number of aromatic amines is 1. The van der Waals surface area contributed by atoms with Crippen molar-refractivity contribution >= 4 is 22.7 Å². The molecule has 26 heavy (non-hydrogen) atoms. The Morgan fingerprint density at radius 3 is 2.35 bits per heavy atom. The van der Waals surface area contributed by atoms with Gasteiger partial charge in [0.15, 0.2) is 6.61 Å². The number of H-pyrrole nitrogens is 1. The summed E-state index contributed by atoms with van der Waals surface area (Å²) in [6.07, 6.45) is 1.62. The maximum Gasteiger partial charge on any atom is 0.338 e. The number of para-hydroxylation sites is 1. The molecule has 6 nitrogen and oxygen atoms in total. The summed E-state index contributed by atoms with van der Waals surface area (Å²) in [7, 11) is 3.02. The summed E-state index contributed by atoms with van der Waals surface area (Å²) in [4.78, 5) is 27.8. The molecule has 6 heteroatoms. The predicted molar refractivity (Wildman–Crippen MR) is 97.2 cm³/mol. The Hall–Kier alpha value is -3.28. The molecule has 0 amide bonds. The van der Waals surface area contributed by atoms with E-state index in [0.717, 1.165) is 16.5 Å². The van der Waals surface area contributed by atoms with Crippen LogP contribution in [0.4, 0.5) is 0 Å². The molecule has 1 N–H and O–H groups in total. The number of hydrogen-bond acceptors (Lipinski definition) is 5. The smallest absolute Gasteiger partial charge is 0.338 e. The largest absolute Gasteiger partial charge is 0.496 e. The number of aromatic nitrogens is 1. The molecule has 3 aromatic rings. The number of ketones is 1. The quantitative estimate of drug-likeness (QED) is 0.542. The summed E-state index contributed by atoms with van der Waals surface area (Å²) in [5.41, 5.74) is 2.39. The zero-order valence-corrected chi connectivity index (χ0v) is 14.8. The lowest BCUT2D eigenvalue weighted by atomic mass is 10.1. The predicted octanol–water partition coefficient (Wildman–Crippen LogP) is 3.53. The van der Waals surface area contributed by atoms with Crippen molar-refractivity contribution in [2.24, 2.45) is 0 Å². The van der Waals surface area contributed by atoms with Crippen LogP contribution in [0.5, 0.6) is 11.5 Å². The molecule has 0 unspecified atom stereocenters. The number of fused-ring (bicyclic) bond motifs is 1. The van der Waals surface area contributed by atoms with E-state index in [0.29, 0.717) is 17.1 Å². The third kappa shape index (κ3) is 3.26. The second kappa shape index (κ2) is 7.31. The standard InChI is InChI=1S/C20H19NO5/c1-12-18(24-2)8-13(9-19(12)25-3)20(23)26-11-17(22)15-10-21-16-7-5-4-6-14(15)16/h4-10,21H,11H2,1-3H3. The number of carbonyl (C=O) groups excluding carboxylic acids is 2. The Kier molecular flexibility index (Phi) is 4.93. The van der Waals surface area contributed by atoms with Crippen LogP contribution in [0.3, 0.4) is 0 Å². The van der Waals surface area contributed by atoms with Crippen LogP contribution in [-0.4, -0.2) is 37.6 Å². The van der Waals surface area contributed by atoms with E-state index >= 15 is 0 Å². The van der Waals surface area contributed by atoms with Gasteiger partial charge in [-0.05, 0) is 25.1 Å². The normalized spacial score (nSPS) is 10.6. The van der Waals surface area contributed by atoms with E-state index < -0.39 is 5.97 Å². The van der Waals surface area contributed by atoms with E-state index in [2.05, 4.69) is 4.98 Å². The molecule has 0 aliphatic heterocycles. The number of rotatable bonds is 6. The molecule has 0 radical (unpaired) electrons. The van der Waals surface area contributed by atoms with Crippen molar-refractivity contribution in [1.82, 2.24) is 4.98 Å². The van der Waals surface area contributed by atoms with Gasteiger partial charge in [-0.25, -0.2) is 4.79 Å². The zero-order valence-electron chi connectivity index (χ0n) is 14.8. The molecule has 0 fully saturated rings. The summed E-state index contributed by atoms with van der Waals surface area (Å²) in [6, 6.07) is 10.6. The van der Waals surface area contributed by atoms with Gasteiger partial charge in [0.2, 0.25) is 5.78 Å². The number of carbonyl (C=O) groups is 2. The van der Waals surface area contributed by atoms with Crippen molar-refractivity contribution in [3.05, 3.63) is 59.3 Å². The van der Waals surface area contributed by atoms with E-state index in [1.807, 2.05) is 31.2 Å². The van der Waals surface area contributed by atoms with Crippen LogP contribution in [0.2, 0.25) is 0 Å². The van der Waals surface area contributed by atoms with Gasteiger partial charge in [0, 0.05) is 28.2 Å². The molecule has 0 aliphatic carbocycles. The van der Waals surface area contributed by atoms with Crippen molar-refractivity contribution in [3.8, 4) is 11.5 Å². The minimum atomic E-state index is -0.616. The third-order valence-corrected chi connectivity index (χ3v) is 4.21. The van der Waals surface area contributed by atoms with E-state index in [4.69, 9.17) is 14.2 Å². The van der Waals surface area contributed by atoms with Gasteiger partial charge in [0.25, 0.3) is 0 Å². The first-order valence-electron chi connectivity index (χ1n) is 8.04. The molecule has 2 aromatic carbocycles. The van der Waals surface area contributed by atoms with Gasteiger partial charge in [0.05, 0.1) is 19.8 Å². The molecule has 0 atom stereocenters. The molecule has 0 bridgehead atoms. The Labute approximate surface area is 150 Å². The Morgan fingerprint density at radius 2 is 1.69 bits per heavy atom. The van der Waals surface area contributed by atoms with Crippen LogP contribution >= 0.6 is 0 Å². The summed E-state index contributed by atoms with van der Waals surface area (Å²) >= 11 is 0. The molecule has 0 spiro atoms. The second-order valence-corrected chi connectivity index (χ2v) is 5.75. The van der Waals surface area contributed by atoms with Gasteiger partial charge in [0.1, 0.15) is 11.5 Å². The molecule has 1 aromatic heterocycles. The maximum absolute atomic E-state index is 12.4. The van der Waals surface area contributed by atoms with E-state index in [1.165, 1.54) is 14.2 Å². The number of methoxy groups -OCH3 is 2. The lowest BCUT2D eigenvalue weighted by molar-refractivity contribution is 0.0474. The van der Waals surface area contributed by atoms with Gasteiger partial charge in [-0.1, -0.05) is 18.2 Å². The molecule has 0 saturated heterocycles. The van der Waals surface area contributed by atoms with Crippen LogP contribution in [-0.2, 0) is 4.74 Å². The highest BCUT2D eigenvalue weighted by molar-refractivity contribution is 6.09. The minimum Gasteiger partial charge on any atom is -0.496 e. The van der Waals surface area contributed by atoms with Crippen LogP contribution in [0.25, 0.3) is 10.9 Å². The van der Waals surface area contributed by atoms with Crippen molar-refractivity contribution in [2.45, 2.75) is 6.92 Å². The fourth-order valence-corrected chi connectivity index (χ4v) is 2.80. The first kappa shape index (κ1) is 17.5. The van der Waals surface area contributed by atoms with Crippen LogP contribution in [0.15, 0.2) is 42.6 Å². The molecule has 0 saturated carbocycles. The van der Waals surface area contributed by atoms with Gasteiger partial charge in [-0.15, -0.1) is 0 Å². The van der Waals surface area contributed by atoms with Crippen molar-refractivity contribution in [2.75, 3.05) is 20.8 Å². The highest BCUT2D eigenvalue weighted by atomic mass is 16.5. The maximum atomic E-state index is 12.4. The van der Waals surface area contributed by atoms with Crippen LogP contribution in [0.1, 0.15) is 26.3 Å². The second-order valence-electron chi connectivity index (χ2n) is 5.75. The number of Topliss-reactive ketones (excluding diaryl/α,β-unsaturated/α-hetero) is 1. The Morgan fingerprint density at radius 1 is 1.04 bits per heavy atom. The SMILES string of the molecule is COc1cc(C(=O)OCC(=O)c2c[nH]c3ccccc23)cc(OC)c1C. The highest BCUT2D eigenvalue weighted by Crippen LogP contribution is 2.29. The summed E-state index contributed by atoms with van der Waals surface area (Å²) in [5, 5.41) is 0.798. The lowest BCUT2D eigenvalue weighted by Crippen LogP contribution is -2.14. The number of ether oxygens (including phenoxy) is 3. The fourth-order valence-electron chi connectivity index (χ4n) is 2.80. The summed E-state index contributed by atoms with van der Waals surface area (Å²) in [5.74, 6) is 0.134. The topological polar surface area (TPSA) is 77.6 Å². The number of esters is 1. The lowest BCUT2D eigenvalue weighted by Gasteiger charge is -2.12. The van der Waals surface area contributed by atoms with Gasteiger partial charge in [-0.2, -0.15) is 0 Å². The molecule has 3 rings (SSSR count). The van der Waals surface area contributed by atoms with E-state index in [9.17, 15) is 9.59 Å². The highest BCUT2D eigenvalue weighted by Gasteiger charge is 2.18. The fraction of sp³-hybridized carbons (Fsp3) is 0.200.